The Hall–Kier alpha value is -4.13. The predicted molar refractivity (Wildman–Crippen MR) is 153 cm³/mol. The molecule has 2 aliphatic rings. The zero-order valence-electron chi connectivity index (χ0n) is 23.0. The first-order chi connectivity index (χ1) is 18.1. The SMILES string of the molecule is CC(C)CCCNC(=O)c1ccc(C(=O)O)c(-c2c3ccc(=[N+](C)C)cc-3oc3cc(N(C)C)ccc23)c1. The normalized spacial score (nSPS) is 11.2. The Kier molecular flexibility index (Phi) is 7.86. The van der Waals surface area contributed by atoms with Crippen molar-refractivity contribution in [3.8, 4) is 22.5 Å². The maximum atomic E-state index is 13.0. The Morgan fingerprint density at radius 1 is 1.00 bits per heavy atom. The van der Waals surface area contributed by atoms with Gasteiger partial charge in [-0.2, -0.15) is 0 Å². The van der Waals surface area contributed by atoms with Crippen LogP contribution < -0.4 is 20.1 Å². The van der Waals surface area contributed by atoms with Crippen LogP contribution in [-0.2, 0) is 0 Å². The molecule has 7 heteroatoms. The standard InChI is InChI=1S/C31H35N3O4/c1-19(2)8-7-15-32-30(35)20-9-12-23(31(36)37)26(16-20)29-24-13-10-21(33(3)4)17-27(24)38-28-18-22(34(5)6)11-14-25(28)29/h9-14,16-19H,7-8,15H2,1-6H3,(H-,32,35,36,37)/p+1. The molecule has 1 aliphatic carbocycles. The molecule has 0 fully saturated rings. The Balaban J connectivity index is 1.96. The van der Waals surface area contributed by atoms with Crippen molar-refractivity contribution < 1.29 is 19.1 Å². The molecule has 0 unspecified atom stereocenters. The van der Waals surface area contributed by atoms with Crippen molar-refractivity contribution >= 4 is 28.5 Å². The van der Waals surface area contributed by atoms with Crippen molar-refractivity contribution in [1.82, 2.24) is 9.89 Å². The van der Waals surface area contributed by atoms with Crippen LogP contribution >= 0.6 is 0 Å². The van der Waals surface area contributed by atoms with E-state index in [0.29, 0.717) is 34.9 Å². The molecule has 198 valence electrons. The number of nitrogens with one attached hydrogen (secondary N) is 1. The van der Waals surface area contributed by atoms with Gasteiger partial charge < -0.3 is 19.7 Å². The molecule has 1 heterocycles. The number of amides is 1. The molecule has 2 aromatic rings. The Labute approximate surface area is 223 Å². The van der Waals surface area contributed by atoms with Gasteiger partial charge in [-0.3, -0.25) is 4.79 Å². The maximum absolute atomic E-state index is 13.0. The van der Waals surface area contributed by atoms with Crippen LogP contribution in [0, 0.1) is 5.92 Å². The average Bonchev–Trinajstić information content (AvgIpc) is 2.88. The third-order valence-corrected chi connectivity index (χ3v) is 6.75. The van der Waals surface area contributed by atoms with Crippen molar-refractivity contribution in [3.05, 3.63) is 71.1 Å². The van der Waals surface area contributed by atoms with E-state index in [2.05, 4.69) is 19.2 Å². The van der Waals surface area contributed by atoms with Crippen molar-refractivity contribution in [2.24, 2.45) is 5.92 Å². The fraction of sp³-hybridized carbons (Fsp3) is 0.323. The molecule has 38 heavy (non-hydrogen) atoms. The van der Waals surface area contributed by atoms with Crippen LogP contribution in [0.25, 0.3) is 33.4 Å². The van der Waals surface area contributed by atoms with Crippen molar-refractivity contribution in [2.75, 3.05) is 39.6 Å². The highest BCUT2D eigenvalue weighted by Crippen LogP contribution is 2.42. The van der Waals surface area contributed by atoms with E-state index in [9.17, 15) is 14.7 Å². The number of rotatable bonds is 8. The molecule has 1 amide bonds. The number of carboxylic acids is 1. The molecule has 4 rings (SSSR count). The zero-order chi connectivity index (χ0) is 27.6. The van der Waals surface area contributed by atoms with Crippen LogP contribution in [0.15, 0.2) is 59.0 Å². The van der Waals surface area contributed by atoms with E-state index in [-0.39, 0.29) is 11.5 Å². The maximum Gasteiger partial charge on any atom is 0.336 e. The van der Waals surface area contributed by atoms with Gasteiger partial charge in [-0.05, 0) is 60.7 Å². The van der Waals surface area contributed by atoms with Crippen LogP contribution in [0.4, 0.5) is 5.69 Å². The summed E-state index contributed by atoms with van der Waals surface area (Å²) in [6, 6.07) is 16.6. The minimum Gasteiger partial charge on any atom is -0.478 e. The first-order valence-electron chi connectivity index (χ1n) is 12.9. The number of nitrogens with zero attached hydrogens (tertiary/aromatic N) is 2. The minimum atomic E-state index is -1.05. The molecule has 2 N–H and O–H groups in total. The van der Waals surface area contributed by atoms with E-state index < -0.39 is 5.97 Å². The average molecular weight is 515 g/mol. The van der Waals surface area contributed by atoms with Crippen LogP contribution in [0.2, 0.25) is 0 Å². The molecule has 2 aromatic carbocycles. The lowest BCUT2D eigenvalue weighted by atomic mass is 9.89. The number of benzene rings is 3. The summed E-state index contributed by atoms with van der Waals surface area (Å²) in [6.45, 7) is 4.88. The minimum absolute atomic E-state index is 0.128. The molecular formula is C31H36N3O4+. The fourth-order valence-corrected chi connectivity index (χ4v) is 4.61. The Morgan fingerprint density at radius 2 is 1.76 bits per heavy atom. The largest absolute Gasteiger partial charge is 0.478 e. The topological polar surface area (TPSA) is 85.8 Å². The Morgan fingerprint density at radius 3 is 2.42 bits per heavy atom. The second-order valence-electron chi connectivity index (χ2n) is 10.5. The molecule has 0 atom stereocenters. The highest BCUT2D eigenvalue weighted by molar-refractivity contribution is 6.09. The number of hydrogen-bond acceptors (Lipinski definition) is 4. The monoisotopic (exact) mass is 514 g/mol. The van der Waals surface area contributed by atoms with Gasteiger partial charge in [0.15, 0.2) is 0 Å². The van der Waals surface area contributed by atoms with Gasteiger partial charge in [0, 0.05) is 60.5 Å². The lowest BCUT2D eigenvalue weighted by molar-refractivity contribution is 0.0697. The van der Waals surface area contributed by atoms with Crippen molar-refractivity contribution in [3.63, 3.8) is 0 Å². The third kappa shape index (κ3) is 5.57. The molecule has 7 nitrogen and oxygen atoms in total. The van der Waals surface area contributed by atoms with Gasteiger partial charge in [0.25, 0.3) is 5.91 Å². The van der Waals surface area contributed by atoms with Crippen molar-refractivity contribution in [1.29, 1.82) is 0 Å². The molecule has 0 spiro atoms. The first-order valence-corrected chi connectivity index (χ1v) is 12.9. The summed E-state index contributed by atoms with van der Waals surface area (Å²) in [5.74, 6) is -0.0688. The zero-order valence-corrected chi connectivity index (χ0v) is 23.0. The van der Waals surface area contributed by atoms with Gasteiger partial charge in [-0.25, -0.2) is 9.37 Å². The van der Waals surface area contributed by atoms with Crippen molar-refractivity contribution in [2.45, 2.75) is 26.7 Å². The first kappa shape index (κ1) is 26.9. The quantitative estimate of drug-likeness (QED) is 0.193. The second-order valence-corrected chi connectivity index (χ2v) is 10.5. The number of hydrogen-bond donors (Lipinski definition) is 2. The molecule has 0 saturated carbocycles. The summed E-state index contributed by atoms with van der Waals surface area (Å²) in [5, 5.41) is 14.8. The van der Waals surface area contributed by atoms with E-state index in [1.807, 2.05) is 74.1 Å². The molecular weight excluding hydrogens is 478 g/mol. The number of aromatic carboxylic acids is 1. The van der Waals surface area contributed by atoms with Gasteiger partial charge >= 0.3 is 5.97 Å². The van der Waals surface area contributed by atoms with Gasteiger partial charge in [-0.1, -0.05) is 13.8 Å². The van der Waals surface area contributed by atoms with Crippen LogP contribution in [-0.4, -0.2) is 51.7 Å². The number of carboxylic acid groups (broad SMARTS) is 1. The van der Waals surface area contributed by atoms with E-state index in [1.165, 1.54) is 6.07 Å². The molecule has 0 radical (unpaired) electrons. The van der Waals surface area contributed by atoms with E-state index in [4.69, 9.17) is 4.42 Å². The lowest BCUT2D eigenvalue weighted by Gasteiger charge is -2.19. The summed E-state index contributed by atoms with van der Waals surface area (Å²) < 4.78 is 8.36. The lowest BCUT2D eigenvalue weighted by Crippen LogP contribution is -2.25. The molecule has 0 saturated heterocycles. The van der Waals surface area contributed by atoms with Gasteiger partial charge in [0.05, 0.1) is 11.6 Å². The summed E-state index contributed by atoms with van der Waals surface area (Å²) >= 11 is 0. The number of fused-ring (bicyclic) bond motifs is 2. The second kappa shape index (κ2) is 11.1. The third-order valence-electron chi connectivity index (χ3n) is 6.75. The molecule has 0 aromatic heterocycles. The Bertz CT molecular complexity index is 1540. The van der Waals surface area contributed by atoms with Crippen LogP contribution in [0.3, 0.4) is 0 Å². The smallest absolute Gasteiger partial charge is 0.336 e. The van der Waals surface area contributed by atoms with E-state index in [1.54, 1.807) is 12.1 Å². The molecule has 1 aliphatic heterocycles. The number of carbonyl (C=O) groups is 2. The fourth-order valence-electron chi connectivity index (χ4n) is 4.61. The van der Waals surface area contributed by atoms with Gasteiger partial charge in [-0.15, -0.1) is 0 Å². The van der Waals surface area contributed by atoms with E-state index >= 15 is 0 Å². The number of anilines is 1. The number of carbonyl (C=O) groups excluding carboxylic acids is 1. The van der Waals surface area contributed by atoms with Gasteiger partial charge in [0.1, 0.15) is 25.4 Å². The van der Waals surface area contributed by atoms with Crippen LogP contribution in [0.1, 0.15) is 47.4 Å². The highest BCUT2D eigenvalue weighted by atomic mass is 16.4. The van der Waals surface area contributed by atoms with Crippen LogP contribution in [0.5, 0.6) is 0 Å². The summed E-state index contributed by atoms with van der Waals surface area (Å²) in [6.07, 6.45) is 1.92. The molecule has 0 bridgehead atoms. The summed E-state index contributed by atoms with van der Waals surface area (Å²) in [5.41, 5.74) is 4.13. The van der Waals surface area contributed by atoms with E-state index in [0.717, 1.165) is 40.4 Å². The van der Waals surface area contributed by atoms with Gasteiger partial charge in [0.2, 0.25) is 5.36 Å². The predicted octanol–water partition coefficient (Wildman–Crippen LogP) is 5.17. The highest BCUT2D eigenvalue weighted by Gasteiger charge is 2.23. The summed E-state index contributed by atoms with van der Waals surface area (Å²) in [4.78, 5) is 27.4. The summed E-state index contributed by atoms with van der Waals surface area (Å²) in [7, 11) is 7.83.